The molecule has 0 aromatic carbocycles. The summed E-state index contributed by atoms with van der Waals surface area (Å²) in [6.07, 6.45) is 51.3. The second kappa shape index (κ2) is 46.0. The van der Waals surface area contributed by atoms with Gasteiger partial charge in [-0.2, -0.15) is 0 Å². The van der Waals surface area contributed by atoms with Crippen molar-refractivity contribution in [3.05, 3.63) is 0 Å². The van der Waals surface area contributed by atoms with Gasteiger partial charge in [0.25, 0.3) is 7.82 Å². The van der Waals surface area contributed by atoms with Gasteiger partial charge in [-0.15, -0.1) is 0 Å². The van der Waals surface area contributed by atoms with E-state index >= 15 is 0 Å². The lowest BCUT2D eigenvalue weighted by atomic mass is 10.0. The van der Waals surface area contributed by atoms with Crippen molar-refractivity contribution in [2.45, 2.75) is 277 Å². The van der Waals surface area contributed by atoms with E-state index in [1.54, 1.807) is 0 Å². The van der Waals surface area contributed by atoms with Gasteiger partial charge in [-0.3, -0.25) is 9.36 Å². The average molecular weight is 888 g/mol. The van der Waals surface area contributed by atoms with Gasteiger partial charge in [0.15, 0.2) is 0 Å². The number of phosphoric acid groups is 1. The molecule has 0 bridgehead atoms. The van der Waals surface area contributed by atoms with Crippen molar-refractivity contribution >= 4 is 13.8 Å². The zero-order valence-electron chi connectivity index (χ0n) is 41.6. The molecule has 366 valence electrons. The molecular formula is C52H106NO7P. The molecule has 0 aliphatic heterocycles. The van der Waals surface area contributed by atoms with Crippen molar-refractivity contribution in [2.24, 2.45) is 0 Å². The molecule has 0 aromatic rings. The molecule has 2 atom stereocenters. The van der Waals surface area contributed by atoms with E-state index in [1.807, 2.05) is 21.1 Å². The number of carbonyl (C=O) groups excluding carboxylic acids is 1. The minimum absolute atomic E-state index is 0.0318. The lowest BCUT2D eigenvalue weighted by molar-refractivity contribution is -0.870. The van der Waals surface area contributed by atoms with Gasteiger partial charge in [0.05, 0.1) is 34.4 Å². The Bertz CT molecular complexity index is 945. The SMILES string of the molecule is CCCCCCCCCCCCCCCCCCCCCCCCCC(=O)O[C@H](COCCCCCCCCCCCCCCCCCC)COP(=O)([O-])OCC[N+](C)(C)C. The van der Waals surface area contributed by atoms with Crippen LogP contribution in [-0.4, -0.2) is 70.7 Å². The number of nitrogens with zero attached hydrogens (tertiary/aromatic N) is 1. The summed E-state index contributed by atoms with van der Waals surface area (Å²) in [6.45, 7) is 5.50. The maximum absolute atomic E-state index is 12.8. The quantitative estimate of drug-likeness (QED) is 0.0260. The highest BCUT2D eigenvalue weighted by Gasteiger charge is 2.20. The summed E-state index contributed by atoms with van der Waals surface area (Å²) < 4.78 is 34.8. The van der Waals surface area contributed by atoms with Gasteiger partial charge in [-0.1, -0.05) is 251 Å². The van der Waals surface area contributed by atoms with Crippen LogP contribution in [0.1, 0.15) is 271 Å². The van der Waals surface area contributed by atoms with Gasteiger partial charge in [-0.25, -0.2) is 0 Å². The van der Waals surface area contributed by atoms with E-state index in [0.717, 1.165) is 32.1 Å². The van der Waals surface area contributed by atoms with Gasteiger partial charge < -0.3 is 27.9 Å². The molecule has 0 radical (unpaired) electrons. The first-order chi connectivity index (χ1) is 29.6. The molecule has 0 spiro atoms. The third-order valence-corrected chi connectivity index (χ3v) is 13.1. The van der Waals surface area contributed by atoms with Crippen molar-refractivity contribution in [3.63, 3.8) is 0 Å². The predicted molar refractivity (Wildman–Crippen MR) is 259 cm³/mol. The smallest absolute Gasteiger partial charge is 0.306 e. The summed E-state index contributed by atoms with van der Waals surface area (Å²) >= 11 is 0. The maximum atomic E-state index is 12.8. The standard InChI is InChI=1S/C52H106NO7P/c1-6-8-10-12-14-16-18-20-22-24-25-26-27-28-29-30-31-33-35-37-39-41-43-45-52(54)60-51(50-59-61(55,56)58-48-46-53(3,4)5)49-57-47-44-42-40-38-36-34-32-23-21-19-17-15-13-11-9-7-2/h51H,6-50H2,1-5H3/t51-/m1/s1. The Morgan fingerprint density at radius 3 is 1.08 bits per heavy atom. The second-order valence-electron chi connectivity index (χ2n) is 19.6. The Morgan fingerprint density at radius 1 is 0.443 bits per heavy atom. The predicted octanol–water partition coefficient (Wildman–Crippen LogP) is 15.8. The monoisotopic (exact) mass is 888 g/mol. The van der Waals surface area contributed by atoms with E-state index in [1.165, 1.54) is 218 Å². The Labute approximate surface area is 380 Å². The van der Waals surface area contributed by atoms with Gasteiger partial charge in [0, 0.05) is 13.0 Å². The number of carbonyl (C=O) groups is 1. The van der Waals surface area contributed by atoms with E-state index in [4.69, 9.17) is 18.5 Å². The highest BCUT2D eigenvalue weighted by atomic mass is 31.2. The molecule has 0 N–H and O–H groups in total. The fraction of sp³-hybridized carbons (Fsp3) is 0.981. The fourth-order valence-corrected chi connectivity index (χ4v) is 8.75. The first-order valence-corrected chi connectivity index (χ1v) is 28.2. The first-order valence-electron chi connectivity index (χ1n) is 26.8. The number of esters is 1. The third kappa shape index (κ3) is 50.4. The minimum atomic E-state index is -4.52. The zero-order valence-corrected chi connectivity index (χ0v) is 42.5. The molecule has 0 saturated carbocycles. The Kier molecular flexibility index (Phi) is 45.7. The Balaban J connectivity index is 4.03. The van der Waals surface area contributed by atoms with Crippen molar-refractivity contribution < 1.29 is 37.3 Å². The van der Waals surface area contributed by atoms with Gasteiger partial charge >= 0.3 is 5.97 Å². The van der Waals surface area contributed by atoms with Crippen molar-refractivity contribution in [1.29, 1.82) is 0 Å². The molecular weight excluding hydrogens is 782 g/mol. The van der Waals surface area contributed by atoms with Crippen molar-refractivity contribution in [1.82, 2.24) is 0 Å². The molecule has 0 fully saturated rings. The molecule has 0 saturated heterocycles. The van der Waals surface area contributed by atoms with Crippen LogP contribution in [0.4, 0.5) is 0 Å². The molecule has 0 heterocycles. The molecule has 8 nitrogen and oxygen atoms in total. The molecule has 0 amide bonds. The van der Waals surface area contributed by atoms with Crippen LogP contribution in [0.15, 0.2) is 0 Å². The number of rotatable bonds is 51. The lowest BCUT2D eigenvalue weighted by Gasteiger charge is -2.28. The van der Waals surface area contributed by atoms with Crippen LogP contribution in [0.25, 0.3) is 0 Å². The highest BCUT2D eigenvalue weighted by Crippen LogP contribution is 2.38. The van der Waals surface area contributed by atoms with E-state index in [2.05, 4.69) is 13.8 Å². The average Bonchev–Trinajstić information content (AvgIpc) is 3.22. The lowest BCUT2D eigenvalue weighted by Crippen LogP contribution is -2.37. The van der Waals surface area contributed by atoms with E-state index in [9.17, 15) is 14.3 Å². The van der Waals surface area contributed by atoms with E-state index < -0.39 is 13.9 Å². The summed E-state index contributed by atoms with van der Waals surface area (Å²) in [7, 11) is 1.38. The Morgan fingerprint density at radius 2 is 0.754 bits per heavy atom. The minimum Gasteiger partial charge on any atom is -0.756 e. The molecule has 0 rings (SSSR count). The zero-order chi connectivity index (χ0) is 44.8. The van der Waals surface area contributed by atoms with Gasteiger partial charge in [0.2, 0.25) is 0 Å². The number of unbranched alkanes of at least 4 members (excludes halogenated alkanes) is 37. The molecule has 0 aliphatic rings. The summed E-state index contributed by atoms with van der Waals surface area (Å²) in [5, 5.41) is 0. The van der Waals surface area contributed by atoms with Gasteiger partial charge in [0.1, 0.15) is 19.3 Å². The van der Waals surface area contributed by atoms with Crippen LogP contribution >= 0.6 is 7.82 Å². The Hall–Kier alpha value is -0.500. The number of phosphoric ester groups is 1. The van der Waals surface area contributed by atoms with Crippen LogP contribution < -0.4 is 4.89 Å². The number of hydrogen-bond donors (Lipinski definition) is 0. The second-order valence-corrected chi connectivity index (χ2v) is 21.0. The topological polar surface area (TPSA) is 94.1 Å². The largest absolute Gasteiger partial charge is 0.756 e. The number of likely N-dealkylation sites (N-methyl/N-ethyl adjacent to an activating group) is 1. The maximum Gasteiger partial charge on any atom is 0.306 e. The molecule has 0 aromatic heterocycles. The van der Waals surface area contributed by atoms with Crippen LogP contribution in [0, 0.1) is 0 Å². The number of quaternary nitrogens is 1. The van der Waals surface area contributed by atoms with Crippen LogP contribution in [0.3, 0.4) is 0 Å². The van der Waals surface area contributed by atoms with Crippen molar-refractivity contribution in [3.8, 4) is 0 Å². The summed E-state index contributed by atoms with van der Waals surface area (Å²) in [5.74, 6) is -0.324. The number of hydrogen-bond acceptors (Lipinski definition) is 7. The first kappa shape index (κ1) is 60.5. The van der Waals surface area contributed by atoms with Crippen LogP contribution in [0.2, 0.25) is 0 Å². The fourth-order valence-electron chi connectivity index (χ4n) is 8.02. The molecule has 1 unspecified atom stereocenters. The van der Waals surface area contributed by atoms with Crippen molar-refractivity contribution in [2.75, 3.05) is 54.1 Å². The molecule has 61 heavy (non-hydrogen) atoms. The normalized spacial score (nSPS) is 13.5. The van der Waals surface area contributed by atoms with Crippen LogP contribution in [-0.2, 0) is 27.9 Å². The highest BCUT2D eigenvalue weighted by molar-refractivity contribution is 7.45. The number of ether oxygens (including phenoxy) is 2. The summed E-state index contributed by atoms with van der Waals surface area (Å²) in [5.41, 5.74) is 0. The molecule has 9 heteroatoms. The third-order valence-electron chi connectivity index (χ3n) is 12.2. The van der Waals surface area contributed by atoms with Crippen LogP contribution in [0.5, 0.6) is 0 Å². The summed E-state index contributed by atoms with van der Waals surface area (Å²) in [6, 6.07) is 0. The molecule has 0 aliphatic carbocycles. The van der Waals surface area contributed by atoms with Gasteiger partial charge in [-0.05, 0) is 12.8 Å². The van der Waals surface area contributed by atoms with E-state index in [0.29, 0.717) is 24.1 Å². The summed E-state index contributed by atoms with van der Waals surface area (Å²) in [4.78, 5) is 25.2. The van der Waals surface area contributed by atoms with E-state index in [-0.39, 0.29) is 25.8 Å².